The zero-order valence-electron chi connectivity index (χ0n) is 11.2. The summed E-state index contributed by atoms with van der Waals surface area (Å²) >= 11 is 0. The predicted molar refractivity (Wildman–Crippen MR) is 61.6 cm³/mol. The Balaban J connectivity index is 2.41. The minimum absolute atomic E-state index is 0.0372. The highest BCUT2D eigenvalue weighted by Crippen LogP contribution is 2.23. The van der Waals surface area contributed by atoms with Crippen LogP contribution in [0.2, 0.25) is 0 Å². The molecular weight excluding hydrogens is 282 g/mol. The van der Waals surface area contributed by atoms with E-state index >= 15 is 0 Å². The zero-order chi connectivity index (χ0) is 15.2. The lowest BCUT2D eigenvalue weighted by molar-refractivity contribution is -0.168. The molecule has 0 aliphatic rings. The van der Waals surface area contributed by atoms with Gasteiger partial charge in [0.15, 0.2) is 5.82 Å². The summed E-state index contributed by atoms with van der Waals surface area (Å²) < 4.78 is 58.3. The van der Waals surface area contributed by atoms with E-state index in [-0.39, 0.29) is 17.8 Å². The van der Waals surface area contributed by atoms with E-state index in [0.717, 1.165) is 13.0 Å². The molecule has 1 unspecified atom stereocenters. The van der Waals surface area contributed by atoms with Crippen molar-refractivity contribution in [3.05, 3.63) is 11.7 Å². The van der Waals surface area contributed by atoms with Crippen LogP contribution >= 0.6 is 0 Å². The number of alkyl halides is 4. The Morgan fingerprint density at radius 3 is 2.70 bits per heavy atom. The smallest absolute Gasteiger partial charge is 0.330 e. The molecule has 1 aromatic heterocycles. The average molecular weight is 299 g/mol. The summed E-state index contributed by atoms with van der Waals surface area (Å²) in [4.78, 5) is 3.93. The van der Waals surface area contributed by atoms with Gasteiger partial charge in [0.2, 0.25) is 5.89 Å². The number of hydrogen-bond acceptors (Lipinski definition) is 5. The van der Waals surface area contributed by atoms with Gasteiger partial charge in [-0.15, -0.1) is 0 Å². The average Bonchev–Trinajstić information content (AvgIpc) is 2.84. The Morgan fingerprint density at radius 2 is 2.10 bits per heavy atom. The molecule has 1 heterocycles. The van der Waals surface area contributed by atoms with Gasteiger partial charge in [-0.25, -0.2) is 8.78 Å². The van der Waals surface area contributed by atoms with Gasteiger partial charge in [0.05, 0.1) is 6.04 Å². The molecule has 0 amide bonds. The van der Waals surface area contributed by atoms with Crippen LogP contribution in [0.15, 0.2) is 4.52 Å². The number of nitrogens with zero attached hydrogens (tertiary/aromatic N) is 2. The van der Waals surface area contributed by atoms with E-state index in [1.807, 2.05) is 6.92 Å². The third kappa shape index (κ3) is 5.04. The number of hydrogen-bond donors (Lipinski definition) is 1. The van der Waals surface area contributed by atoms with Gasteiger partial charge in [-0.3, -0.25) is 0 Å². The van der Waals surface area contributed by atoms with Crippen LogP contribution in [0.5, 0.6) is 0 Å². The van der Waals surface area contributed by atoms with Crippen molar-refractivity contribution in [1.29, 1.82) is 0 Å². The highest BCUT2D eigenvalue weighted by molar-refractivity contribution is 4.90. The molecule has 0 saturated heterocycles. The maximum absolute atomic E-state index is 12.6. The van der Waals surface area contributed by atoms with Crippen LogP contribution in [0.4, 0.5) is 17.6 Å². The minimum Gasteiger partial charge on any atom is -0.367 e. The maximum Gasteiger partial charge on any atom is 0.330 e. The molecule has 0 saturated carbocycles. The second-order valence-corrected chi connectivity index (χ2v) is 4.28. The molecule has 0 aromatic carbocycles. The van der Waals surface area contributed by atoms with Crippen molar-refractivity contribution in [2.24, 2.45) is 0 Å². The molecule has 1 N–H and O–H groups in total. The normalized spacial score (nSPS) is 13.9. The van der Waals surface area contributed by atoms with Crippen molar-refractivity contribution in [3.8, 4) is 0 Å². The summed E-state index contributed by atoms with van der Waals surface area (Å²) in [6, 6.07) is -0.182. The van der Waals surface area contributed by atoms with E-state index in [1.165, 1.54) is 0 Å². The van der Waals surface area contributed by atoms with E-state index in [4.69, 9.17) is 4.52 Å². The molecule has 1 rings (SSSR count). The Bertz CT molecular complexity index is 401. The largest absolute Gasteiger partial charge is 0.367 e. The first-order chi connectivity index (χ1) is 9.36. The third-order valence-electron chi connectivity index (χ3n) is 2.40. The fourth-order valence-corrected chi connectivity index (χ4v) is 1.29. The molecule has 1 aromatic rings. The summed E-state index contributed by atoms with van der Waals surface area (Å²) in [6.45, 7) is 2.76. The van der Waals surface area contributed by atoms with Crippen molar-refractivity contribution in [3.63, 3.8) is 0 Å². The molecular formula is C11H17F4N3O2. The van der Waals surface area contributed by atoms with E-state index in [2.05, 4.69) is 20.2 Å². The second kappa shape index (κ2) is 7.53. The summed E-state index contributed by atoms with van der Waals surface area (Å²) in [5, 5.41) is 6.63. The van der Waals surface area contributed by atoms with Gasteiger partial charge in [0, 0.05) is 0 Å². The lowest BCUT2D eigenvalue weighted by atomic mass is 10.3. The number of ether oxygens (including phenoxy) is 1. The standard InChI is InChI=1S/C11H17F4N3O2/c1-3-4-16-7(2)9-17-8(18-20-9)5-19-6-11(14,15)10(12)13/h7,10,16H,3-6H2,1-2H3. The van der Waals surface area contributed by atoms with E-state index < -0.39 is 25.6 Å². The van der Waals surface area contributed by atoms with Gasteiger partial charge < -0.3 is 14.6 Å². The lowest BCUT2D eigenvalue weighted by Gasteiger charge is -2.14. The number of aromatic nitrogens is 2. The Hall–Kier alpha value is -1.22. The molecule has 0 bridgehead atoms. The van der Waals surface area contributed by atoms with Crippen molar-refractivity contribution < 1.29 is 26.8 Å². The van der Waals surface area contributed by atoms with Gasteiger partial charge in [0.1, 0.15) is 13.2 Å². The molecule has 0 aliphatic heterocycles. The number of rotatable bonds is 9. The fraction of sp³-hybridized carbons (Fsp3) is 0.818. The third-order valence-corrected chi connectivity index (χ3v) is 2.40. The molecule has 5 nitrogen and oxygen atoms in total. The fourth-order valence-electron chi connectivity index (χ4n) is 1.29. The van der Waals surface area contributed by atoms with Crippen LogP contribution in [0, 0.1) is 0 Å². The van der Waals surface area contributed by atoms with Crippen molar-refractivity contribution >= 4 is 0 Å². The SMILES string of the molecule is CCCNC(C)c1nc(COCC(F)(F)C(F)F)no1. The van der Waals surface area contributed by atoms with Crippen LogP contribution in [0.3, 0.4) is 0 Å². The minimum atomic E-state index is -4.18. The first-order valence-corrected chi connectivity index (χ1v) is 6.16. The first-order valence-electron chi connectivity index (χ1n) is 6.16. The summed E-state index contributed by atoms with van der Waals surface area (Å²) in [7, 11) is 0. The summed E-state index contributed by atoms with van der Waals surface area (Å²) in [5.74, 6) is -3.85. The van der Waals surface area contributed by atoms with Crippen molar-refractivity contribution in [1.82, 2.24) is 15.5 Å². The quantitative estimate of drug-likeness (QED) is 0.710. The molecule has 0 fully saturated rings. The van der Waals surface area contributed by atoms with Gasteiger partial charge in [0.25, 0.3) is 0 Å². The van der Waals surface area contributed by atoms with E-state index in [1.54, 1.807) is 6.92 Å². The first kappa shape index (κ1) is 16.8. The van der Waals surface area contributed by atoms with Gasteiger partial charge in [-0.05, 0) is 19.9 Å². The predicted octanol–water partition coefficient (Wildman–Crippen LogP) is 2.55. The van der Waals surface area contributed by atoms with Gasteiger partial charge in [-0.1, -0.05) is 12.1 Å². The molecule has 116 valence electrons. The highest BCUT2D eigenvalue weighted by atomic mass is 19.3. The van der Waals surface area contributed by atoms with Crippen LogP contribution in [-0.4, -0.2) is 35.6 Å². The zero-order valence-corrected chi connectivity index (χ0v) is 11.2. The number of halogens is 4. The molecule has 0 aliphatic carbocycles. The summed E-state index contributed by atoms with van der Waals surface area (Å²) in [6.07, 6.45) is -2.83. The Labute approximate surface area is 113 Å². The number of nitrogens with one attached hydrogen (secondary N) is 1. The topological polar surface area (TPSA) is 60.2 Å². The monoisotopic (exact) mass is 299 g/mol. The molecule has 1 atom stereocenters. The van der Waals surface area contributed by atoms with Crippen LogP contribution in [0.1, 0.15) is 38.0 Å². The molecule has 20 heavy (non-hydrogen) atoms. The van der Waals surface area contributed by atoms with Crippen LogP contribution in [-0.2, 0) is 11.3 Å². The van der Waals surface area contributed by atoms with E-state index in [0.29, 0.717) is 0 Å². The second-order valence-electron chi connectivity index (χ2n) is 4.28. The molecule has 0 radical (unpaired) electrons. The van der Waals surface area contributed by atoms with Crippen LogP contribution < -0.4 is 5.32 Å². The highest BCUT2D eigenvalue weighted by Gasteiger charge is 2.41. The maximum atomic E-state index is 12.6. The Kier molecular flexibility index (Phi) is 6.34. The summed E-state index contributed by atoms with van der Waals surface area (Å²) in [5.41, 5.74) is 0. The van der Waals surface area contributed by atoms with E-state index in [9.17, 15) is 17.6 Å². The van der Waals surface area contributed by atoms with Gasteiger partial charge >= 0.3 is 12.3 Å². The van der Waals surface area contributed by atoms with Gasteiger partial charge in [-0.2, -0.15) is 13.8 Å². The Morgan fingerprint density at radius 1 is 1.40 bits per heavy atom. The lowest BCUT2D eigenvalue weighted by Crippen LogP contribution is -2.32. The van der Waals surface area contributed by atoms with Crippen LogP contribution in [0.25, 0.3) is 0 Å². The molecule has 0 spiro atoms. The van der Waals surface area contributed by atoms with Crippen molar-refractivity contribution in [2.75, 3.05) is 13.2 Å². The van der Waals surface area contributed by atoms with Crippen molar-refractivity contribution in [2.45, 2.75) is 45.3 Å². The molecule has 9 heteroatoms.